The van der Waals surface area contributed by atoms with E-state index in [1.807, 2.05) is 13.0 Å². The summed E-state index contributed by atoms with van der Waals surface area (Å²) in [5.41, 5.74) is 2.20. The summed E-state index contributed by atoms with van der Waals surface area (Å²) < 4.78 is 5.11. The normalized spacial score (nSPS) is 11.7. The van der Waals surface area contributed by atoms with E-state index in [1.165, 1.54) is 0 Å². The van der Waals surface area contributed by atoms with Gasteiger partial charge < -0.3 is 20.5 Å². The molecule has 0 aliphatic heterocycles. The van der Waals surface area contributed by atoms with Crippen LogP contribution in [0.25, 0.3) is 0 Å². The summed E-state index contributed by atoms with van der Waals surface area (Å²) in [5.74, 6) is 0.653. The van der Waals surface area contributed by atoms with E-state index in [1.54, 1.807) is 43.5 Å². The van der Waals surface area contributed by atoms with Crippen molar-refractivity contribution in [3.63, 3.8) is 0 Å². The Labute approximate surface area is 140 Å². The molecule has 0 aliphatic carbocycles. The molecule has 5 nitrogen and oxygen atoms in total. The number of aliphatic hydroxyl groups is 1. The average Bonchev–Trinajstić information content (AvgIpc) is 2.56. The van der Waals surface area contributed by atoms with Crippen LogP contribution in [-0.4, -0.2) is 24.8 Å². The topological polar surface area (TPSA) is 70.6 Å². The number of carbonyl (C=O) groups excluding carboxylic acids is 1. The van der Waals surface area contributed by atoms with Gasteiger partial charge in [0.2, 0.25) is 0 Å². The van der Waals surface area contributed by atoms with Crippen LogP contribution in [0.4, 0.5) is 10.5 Å². The van der Waals surface area contributed by atoms with Crippen molar-refractivity contribution in [3.8, 4) is 5.75 Å². The Morgan fingerprint density at radius 2 is 2.09 bits per heavy atom. The van der Waals surface area contributed by atoms with Gasteiger partial charge in [-0.25, -0.2) is 4.79 Å². The first-order valence-electron chi connectivity index (χ1n) is 7.12. The summed E-state index contributed by atoms with van der Waals surface area (Å²) in [4.78, 5) is 11.9. The molecule has 122 valence electrons. The number of carbonyl (C=O) groups is 1. The van der Waals surface area contributed by atoms with Gasteiger partial charge in [-0.2, -0.15) is 0 Å². The molecule has 0 saturated carbocycles. The van der Waals surface area contributed by atoms with E-state index >= 15 is 0 Å². The summed E-state index contributed by atoms with van der Waals surface area (Å²) in [6, 6.07) is 11.9. The third-order valence-corrected chi connectivity index (χ3v) is 3.77. The zero-order chi connectivity index (χ0) is 16.8. The number of rotatable bonds is 5. The number of benzene rings is 2. The number of urea groups is 1. The Balaban J connectivity index is 1.89. The Bertz CT molecular complexity index is 691. The molecule has 0 saturated heterocycles. The highest BCUT2D eigenvalue weighted by molar-refractivity contribution is 6.31. The van der Waals surface area contributed by atoms with E-state index in [4.69, 9.17) is 16.3 Å². The van der Waals surface area contributed by atoms with E-state index < -0.39 is 12.1 Å². The molecule has 3 N–H and O–H groups in total. The molecule has 1 atom stereocenters. The molecule has 0 spiro atoms. The molecular formula is C17H19ClN2O3. The number of aryl methyl sites for hydroxylation is 1. The van der Waals surface area contributed by atoms with Gasteiger partial charge in [0, 0.05) is 17.3 Å². The Morgan fingerprint density at radius 3 is 2.78 bits per heavy atom. The molecule has 0 bridgehead atoms. The molecule has 6 heteroatoms. The lowest BCUT2D eigenvalue weighted by atomic mass is 10.1. The Hall–Kier alpha value is -2.24. The van der Waals surface area contributed by atoms with Crippen molar-refractivity contribution in [3.05, 3.63) is 58.6 Å². The van der Waals surface area contributed by atoms with Crippen molar-refractivity contribution in [1.82, 2.24) is 5.32 Å². The number of hydrogen-bond acceptors (Lipinski definition) is 3. The molecular weight excluding hydrogens is 316 g/mol. The zero-order valence-electron chi connectivity index (χ0n) is 13.0. The SMILES string of the molecule is COc1cccc(C(O)CNC(=O)Nc2ccc(C)c(Cl)c2)c1. The summed E-state index contributed by atoms with van der Waals surface area (Å²) in [6.45, 7) is 1.97. The number of anilines is 1. The van der Waals surface area contributed by atoms with E-state index in [-0.39, 0.29) is 6.54 Å². The van der Waals surface area contributed by atoms with Gasteiger partial charge in [0.25, 0.3) is 0 Å². The van der Waals surface area contributed by atoms with Gasteiger partial charge in [-0.3, -0.25) is 0 Å². The van der Waals surface area contributed by atoms with Crippen molar-refractivity contribution in [1.29, 1.82) is 0 Å². The van der Waals surface area contributed by atoms with E-state index in [0.29, 0.717) is 22.0 Å². The number of hydrogen-bond donors (Lipinski definition) is 3. The number of halogens is 1. The fraction of sp³-hybridized carbons (Fsp3) is 0.235. The molecule has 2 amide bonds. The van der Waals surface area contributed by atoms with Crippen LogP contribution in [0.5, 0.6) is 5.75 Å². The van der Waals surface area contributed by atoms with Crippen LogP contribution in [0.15, 0.2) is 42.5 Å². The lowest BCUT2D eigenvalue weighted by molar-refractivity contribution is 0.175. The quantitative estimate of drug-likeness (QED) is 0.783. The number of aliphatic hydroxyl groups excluding tert-OH is 1. The molecule has 0 heterocycles. The predicted molar refractivity (Wildman–Crippen MR) is 91.2 cm³/mol. The smallest absolute Gasteiger partial charge is 0.319 e. The van der Waals surface area contributed by atoms with Gasteiger partial charge in [0.1, 0.15) is 5.75 Å². The first-order valence-corrected chi connectivity index (χ1v) is 7.50. The molecule has 2 aromatic rings. The monoisotopic (exact) mass is 334 g/mol. The van der Waals surface area contributed by atoms with Crippen molar-refractivity contribution >= 4 is 23.3 Å². The molecule has 2 aromatic carbocycles. The van der Waals surface area contributed by atoms with Crippen LogP contribution in [0.2, 0.25) is 5.02 Å². The first kappa shape index (κ1) is 17.1. The summed E-state index contributed by atoms with van der Waals surface area (Å²) >= 11 is 6.01. The second-order valence-corrected chi connectivity index (χ2v) is 5.50. The van der Waals surface area contributed by atoms with E-state index in [2.05, 4.69) is 10.6 Å². The van der Waals surface area contributed by atoms with Crippen molar-refractivity contribution in [2.75, 3.05) is 19.0 Å². The molecule has 1 unspecified atom stereocenters. The highest BCUT2D eigenvalue weighted by atomic mass is 35.5. The van der Waals surface area contributed by atoms with Crippen LogP contribution in [0.3, 0.4) is 0 Å². The minimum Gasteiger partial charge on any atom is -0.497 e. The van der Waals surface area contributed by atoms with Gasteiger partial charge in [0.05, 0.1) is 13.2 Å². The fourth-order valence-corrected chi connectivity index (χ4v) is 2.18. The fourth-order valence-electron chi connectivity index (χ4n) is 2.00. The summed E-state index contributed by atoms with van der Waals surface area (Å²) in [5, 5.41) is 16.0. The maximum absolute atomic E-state index is 11.9. The van der Waals surface area contributed by atoms with Crippen LogP contribution >= 0.6 is 11.6 Å². The Kier molecular flexibility index (Phi) is 5.84. The highest BCUT2D eigenvalue weighted by Crippen LogP contribution is 2.20. The van der Waals surface area contributed by atoms with Crippen LogP contribution in [0.1, 0.15) is 17.2 Å². The van der Waals surface area contributed by atoms with Crippen LogP contribution < -0.4 is 15.4 Å². The minimum atomic E-state index is -0.822. The highest BCUT2D eigenvalue weighted by Gasteiger charge is 2.10. The van der Waals surface area contributed by atoms with Crippen molar-refractivity contribution < 1.29 is 14.6 Å². The third-order valence-electron chi connectivity index (χ3n) is 3.36. The first-order chi connectivity index (χ1) is 11.0. The minimum absolute atomic E-state index is 0.0819. The molecule has 0 radical (unpaired) electrons. The molecule has 0 fully saturated rings. The maximum atomic E-state index is 11.9. The summed E-state index contributed by atoms with van der Waals surface area (Å²) in [7, 11) is 1.56. The largest absolute Gasteiger partial charge is 0.497 e. The predicted octanol–water partition coefficient (Wildman–Crippen LogP) is 3.51. The number of ether oxygens (including phenoxy) is 1. The number of methoxy groups -OCH3 is 1. The third kappa shape index (κ3) is 4.87. The molecule has 2 rings (SSSR count). The molecule has 0 aliphatic rings. The zero-order valence-corrected chi connectivity index (χ0v) is 13.7. The van der Waals surface area contributed by atoms with Crippen LogP contribution in [-0.2, 0) is 0 Å². The summed E-state index contributed by atoms with van der Waals surface area (Å²) in [6.07, 6.45) is -0.822. The second-order valence-electron chi connectivity index (χ2n) is 5.09. The molecule has 0 aromatic heterocycles. The van der Waals surface area contributed by atoms with Gasteiger partial charge >= 0.3 is 6.03 Å². The van der Waals surface area contributed by atoms with Crippen molar-refractivity contribution in [2.24, 2.45) is 0 Å². The number of nitrogens with one attached hydrogen (secondary N) is 2. The lowest BCUT2D eigenvalue weighted by Crippen LogP contribution is -2.32. The number of amides is 2. The average molecular weight is 335 g/mol. The lowest BCUT2D eigenvalue weighted by Gasteiger charge is -2.14. The standard InChI is InChI=1S/C17H19ClN2O3/c1-11-6-7-13(9-15(11)18)20-17(22)19-10-16(21)12-4-3-5-14(8-12)23-2/h3-9,16,21H,10H2,1-2H3,(H2,19,20,22). The van der Waals surface area contributed by atoms with Crippen molar-refractivity contribution in [2.45, 2.75) is 13.0 Å². The second kappa shape index (κ2) is 7.85. The van der Waals surface area contributed by atoms with Crippen LogP contribution in [0, 0.1) is 6.92 Å². The van der Waals surface area contributed by atoms with E-state index in [0.717, 1.165) is 5.56 Å². The Morgan fingerprint density at radius 1 is 1.30 bits per heavy atom. The van der Waals surface area contributed by atoms with Gasteiger partial charge in [-0.05, 0) is 42.3 Å². The maximum Gasteiger partial charge on any atom is 0.319 e. The van der Waals surface area contributed by atoms with Gasteiger partial charge in [0.15, 0.2) is 0 Å². The van der Waals surface area contributed by atoms with Gasteiger partial charge in [-0.1, -0.05) is 29.8 Å². The molecule has 23 heavy (non-hydrogen) atoms. The van der Waals surface area contributed by atoms with Gasteiger partial charge in [-0.15, -0.1) is 0 Å². The van der Waals surface area contributed by atoms with E-state index in [9.17, 15) is 9.90 Å².